The van der Waals surface area contributed by atoms with Crippen LogP contribution >= 0.6 is 0 Å². The molecule has 1 aliphatic heterocycles. The third-order valence-corrected chi connectivity index (χ3v) is 3.17. The van der Waals surface area contributed by atoms with Gasteiger partial charge >= 0.3 is 0 Å². The molecule has 0 unspecified atom stereocenters. The van der Waals surface area contributed by atoms with Crippen LogP contribution in [0, 0.1) is 0 Å². The molecular weight excluding hydrogens is 218 g/mol. The second-order valence-electron chi connectivity index (χ2n) is 4.42. The number of rotatable bonds is 0. The van der Waals surface area contributed by atoms with Crippen molar-refractivity contribution in [3.63, 3.8) is 0 Å². The molecule has 5 nitrogen and oxygen atoms in total. The highest BCUT2D eigenvalue weighted by atomic mass is 16.3. The van der Waals surface area contributed by atoms with Gasteiger partial charge in [0.25, 0.3) is 5.56 Å². The van der Waals surface area contributed by atoms with Crippen LogP contribution in [-0.2, 0) is 13.0 Å². The third-order valence-electron chi connectivity index (χ3n) is 3.17. The first kappa shape index (κ1) is 10.3. The first-order valence-electron chi connectivity index (χ1n) is 5.57. The molecule has 2 aromatic rings. The summed E-state index contributed by atoms with van der Waals surface area (Å²) in [6, 6.07) is 3.19. The van der Waals surface area contributed by atoms with Gasteiger partial charge in [-0.3, -0.25) is 9.20 Å². The molecule has 0 bridgehead atoms. The summed E-state index contributed by atoms with van der Waals surface area (Å²) in [5, 5.41) is 9.72. The Labute approximate surface area is 97.9 Å². The molecule has 0 saturated heterocycles. The molecule has 0 radical (unpaired) electrons. The Kier molecular flexibility index (Phi) is 2.16. The van der Waals surface area contributed by atoms with Crippen LogP contribution in [-0.4, -0.2) is 33.0 Å². The maximum atomic E-state index is 12.3. The Morgan fingerprint density at radius 1 is 1.47 bits per heavy atom. The van der Waals surface area contributed by atoms with Gasteiger partial charge in [-0.1, -0.05) is 0 Å². The van der Waals surface area contributed by atoms with Crippen LogP contribution in [0.1, 0.15) is 11.3 Å². The molecule has 0 fully saturated rings. The minimum atomic E-state index is -0.0764. The van der Waals surface area contributed by atoms with Gasteiger partial charge in [0, 0.05) is 25.7 Å². The second-order valence-corrected chi connectivity index (χ2v) is 4.42. The van der Waals surface area contributed by atoms with Crippen LogP contribution < -0.4 is 5.56 Å². The number of nitrogens with zero attached hydrogens (tertiary/aromatic N) is 3. The van der Waals surface area contributed by atoms with Crippen molar-refractivity contribution >= 4 is 5.65 Å². The zero-order chi connectivity index (χ0) is 12.0. The molecule has 0 aliphatic carbocycles. The normalized spacial score (nSPS) is 16.1. The number of fused-ring (bicyclic) bond motifs is 2. The van der Waals surface area contributed by atoms with Crippen molar-refractivity contribution in [3.8, 4) is 5.75 Å². The Balaban J connectivity index is 2.37. The Bertz CT molecular complexity index is 648. The van der Waals surface area contributed by atoms with Gasteiger partial charge in [-0.2, -0.15) is 0 Å². The monoisotopic (exact) mass is 231 g/mol. The summed E-state index contributed by atoms with van der Waals surface area (Å²) in [4.78, 5) is 18.8. The van der Waals surface area contributed by atoms with Crippen molar-refractivity contribution in [2.75, 3.05) is 13.6 Å². The lowest BCUT2D eigenvalue weighted by atomic mass is 10.1. The molecule has 1 N–H and O–H groups in total. The van der Waals surface area contributed by atoms with Crippen molar-refractivity contribution in [1.29, 1.82) is 0 Å². The average molecular weight is 231 g/mol. The topological polar surface area (TPSA) is 57.8 Å². The van der Waals surface area contributed by atoms with Gasteiger partial charge in [0.05, 0.1) is 11.3 Å². The zero-order valence-electron chi connectivity index (χ0n) is 9.55. The van der Waals surface area contributed by atoms with Crippen molar-refractivity contribution in [3.05, 3.63) is 39.9 Å². The Morgan fingerprint density at radius 3 is 3.12 bits per heavy atom. The summed E-state index contributed by atoms with van der Waals surface area (Å²) in [7, 11) is 1.99. The standard InChI is InChI=1S/C12H13N3O2/c1-14-6-4-9-8(7-14)12(17)15-5-2-3-10(16)11(15)13-9/h2-3,5,16H,4,6-7H2,1H3. The van der Waals surface area contributed by atoms with Gasteiger partial charge < -0.3 is 10.0 Å². The van der Waals surface area contributed by atoms with Gasteiger partial charge in [-0.05, 0) is 19.2 Å². The molecule has 17 heavy (non-hydrogen) atoms. The van der Waals surface area contributed by atoms with E-state index in [0.29, 0.717) is 12.2 Å². The zero-order valence-corrected chi connectivity index (χ0v) is 9.55. The summed E-state index contributed by atoms with van der Waals surface area (Å²) in [6.07, 6.45) is 2.39. The van der Waals surface area contributed by atoms with Crippen LogP contribution in [0.25, 0.3) is 5.65 Å². The van der Waals surface area contributed by atoms with Gasteiger partial charge in [0.15, 0.2) is 11.4 Å². The van der Waals surface area contributed by atoms with Gasteiger partial charge in [0.1, 0.15) is 0 Å². The van der Waals surface area contributed by atoms with E-state index in [2.05, 4.69) is 9.88 Å². The van der Waals surface area contributed by atoms with E-state index in [1.807, 2.05) is 7.05 Å². The molecule has 88 valence electrons. The van der Waals surface area contributed by atoms with Gasteiger partial charge in [-0.15, -0.1) is 0 Å². The van der Waals surface area contributed by atoms with E-state index in [1.54, 1.807) is 18.3 Å². The van der Waals surface area contributed by atoms with Crippen molar-refractivity contribution in [2.45, 2.75) is 13.0 Å². The predicted molar refractivity (Wildman–Crippen MR) is 63.2 cm³/mol. The average Bonchev–Trinajstić information content (AvgIpc) is 2.32. The largest absolute Gasteiger partial charge is 0.504 e. The molecule has 0 spiro atoms. The third kappa shape index (κ3) is 1.51. The van der Waals surface area contributed by atoms with Crippen molar-refractivity contribution in [2.24, 2.45) is 0 Å². The maximum absolute atomic E-state index is 12.3. The maximum Gasteiger partial charge on any atom is 0.262 e. The second kappa shape index (κ2) is 3.56. The number of pyridine rings is 1. The van der Waals surface area contributed by atoms with E-state index in [-0.39, 0.29) is 11.3 Å². The van der Waals surface area contributed by atoms with E-state index in [9.17, 15) is 9.90 Å². The molecule has 0 aromatic carbocycles. The quantitative estimate of drug-likeness (QED) is 0.712. The highest BCUT2D eigenvalue weighted by Gasteiger charge is 2.20. The highest BCUT2D eigenvalue weighted by Crippen LogP contribution is 2.18. The van der Waals surface area contributed by atoms with E-state index in [0.717, 1.165) is 24.2 Å². The molecule has 0 atom stereocenters. The summed E-state index contributed by atoms with van der Waals surface area (Å²) in [6.45, 7) is 1.52. The van der Waals surface area contributed by atoms with E-state index >= 15 is 0 Å². The molecule has 3 rings (SSSR count). The Hall–Kier alpha value is -1.88. The fraction of sp³-hybridized carbons (Fsp3) is 0.333. The first-order valence-corrected chi connectivity index (χ1v) is 5.57. The van der Waals surface area contributed by atoms with Crippen LogP contribution in [0.5, 0.6) is 5.75 Å². The summed E-state index contributed by atoms with van der Waals surface area (Å²) in [5.74, 6) is 0.0475. The minimum absolute atomic E-state index is 0.0475. The number of hydrogen-bond donors (Lipinski definition) is 1. The number of aromatic nitrogens is 2. The first-order chi connectivity index (χ1) is 8.16. The summed E-state index contributed by atoms with van der Waals surface area (Å²) < 4.78 is 1.41. The van der Waals surface area contributed by atoms with Crippen LogP contribution in [0.2, 0.25) is 0 Å². The molecule has 1 aliphatic rings. The molecule has 0 amide bonds. The molecule has 5 heteroatoms. The number of aromatic hydroxyl groups is 1. The minimum Gasteiger partial charge on any atom is -0.504 e. The van der Waals surface area contributed by atoms with E-state index in [4.69, 9.17) is 0 Å². The fourth-order valence-electron chi connectivity index (χ4n) is 2.24. The molecule has 0 saturated carbocycles. The highest BCUT2D eigenvalue weighted by molar-refractivity contribution is 5.53. The summed E-state index contributed by atoms with van der Waals surface area (Å²) in [5.41, 5.74) is 1.82. The van der Waals surface area contributed by atoms with Gasteiger partial charge in [0.2, 0.25) is 0 Å². The summed E-state index contributed by atoms with van der Waals surface area (Å²) >= 11 is 0. The Morgan fingerprint density at radius 2 is 2.29 bits per heavy atom. The lowest BCUT2D eigenvalue weighted by Crippen LogP contribution is -2.34. The number of likely N-dealkylation sites (N-methyl/N-ethyl adjacent to an activating group) is 1. The van der Waals surface area contributed by atoms with Crippen LogP contribution in [0.4, 0.5) is 0 Å². The fourth-order valence-corrected chi connectivity index (χ4v) is 2.24. The van der Waals surface area contributed by atoms with E-state index in [1.165, 1.54) is 4.40 Å². The molecular formula is C12H13N3O2. The van der Waals surface area contributed by atoms with Crippen LogP contribution in [0.15, 0.2) is 23.1 Å². The number of hydrogen-bond acceptors (Lipinski definition) is 4. The smallest absolute Gasteiger partial charge is 0.262 e. The lowest BCUT2D eigenvalue weighted by molar-refractivity contribution is 0.307. The molecule has 3 heterocycles. The van der Waals surface area contributed by atoms with Gasteiger partial charge in [-0.25, -0.2) is 4.98 Å². The predicted octanol–water partition coefficient (Wildman–Crippen LogP) is 0.388. The van der Waals surface area contributed by atoms with E-state index < -0.39 is 0 Å². The van der Waals surface area contributed by atoms with Crippen molar-refractivity contribution < 1.29 is 5.11 Å². The van der Waals surface area contributed by atoms with Crippen LogP contribution in [0.3, 0.4) is 0 Å². The van der Waals surface area contributed by atoms with Crippen molar-refractivity contribution in [1.82, 2.24) is 14.3 Å². The lowest BCUT2D eigenvalue weighted by Gasteiger charge is -2.23. The SMILES string of the molecule is CN1CCc2nc3c(O)cccn3c(=O)c2C1. The molecule has 2 aromatic heterocycles.